The molecule has 12 heavy (non-hydrogen) atoms. The van der Waals surface area contributed by atoms with Crippen LogP contribution in [-0.2, 0) is 0 Å². The topological polar surface area (TPSA) is 32.3 Å². The van der Waals surface area contributed by atoms with Gasteiger partial charge in [-0.1, -0.05) is 19.8 Å². The van der Waals surface area contributed by atoms with Crippen LogP contribution in [0.25, 0.3) is 0 Å². The fraction of sp³-hybridized carbons (Fsp3) is 1.00. The summed E-state index contributed by atoms with van der Waals surface area (Å²) in [4.78, 5) is 0. The van der Waals surface area contributed by atoms with Crippen molar-refractivity contribution >= 4 is 0 Å². The second-order valence-corrected chi connectivity index (χ2v) is 4.26. The average Bonchev–Trinajstić information content (AvgIpc) is 2.81. The largest absolute Gasteiger partial charge is 0.389 e. The molecule has 1 aliphatic carbocycles. The highest BCUT2D eigenvalue weighted by Crippen LogP contribution is 2.20. The summed E-state index contributed by atoms with van der Waals surface area (Å²) < 4.78 is 0. The van der Waals surface area contributed by atoms with Crippen molar-refractivity contribution in [3.05, 3.63) is 0 Å². The second kappa shape index (κ2) is 4.24. The second-order valence-electron chi connectivity index (χ2n) is 4.26. The summed E-state index contributed by atoms with van der Waals surface area (Å²) in [6, 6.07) is 0.707. The summed E-state index contributed by atoms with van der Waals surface area (Å²) in [5, 5.41) is 13.2. The van der Waals surface area contributed by atoms with E-state index < -0.39 is 5.60 Å². The number of unbranched alkanes of at least 4 members (excludes halogenated alkanes) is 1. The van der Waals surface area contributed by atoms with Crippen LogP contribution in [0.15, 0.2) is 0 Å². The van der Waals surface area contributed by atoms with Gasteiger partial charge in [0.2, 0.25) is 0 Å². The number of aliphatic hydroxyl groups is 1. The van der Waals surface area contributed by atoms with Crippen LogP contribution in [-0.4, -0.2) is 23.3 Å². The molecule has 0 aromatic heterocycles. The lowest BCUT2D eigenvalue weighted by Crippen LogP contribution is -2.38. The van der Waals surface area contributed by atoms with Crippen molar-refractivity contribution < 1.29 is 5.11 Å². The van der Waals surface area contributed by atoms with E-state index in [4.69, 9.17) is 0 Å². The van der Waals surface area contributed by atoms with Crippen molar-refractivity contribution in [3.63, 3.8) is 0 Å². The van der Waals surface area contributed by atoms with Crippen LogP contribution in [0.2, 0.25) is 0 Å². The maximum Gasteiger partial charge on any atom is 0.0743 e. The van der Waals surface area contributed by atoms with Gasteiger partial charge < -0.3 is 10.4 Å². The maximum absolute atomic E-state index is 9.86. The molecule has 72 valence electrons. The predicted octanol–water partition coefficient (Wildman–Crippen LogP) is 1.68. The van der Waals surface area contributed by atoms with Crippen LogP contribution in [0.3, 0.4) is 0 Å². The molecule has 0 bridgehead atoms. The Morgan fingerprint density at radius 3 is 2.67 bits per heavy atom. The number of hydrogen-bond donors (Lipinski definition) is 2. The molecule has 0 radical (unpaired) electrons. The minimum Gasteiger partial charge on any atom is -0.389 e. The minimum absolute atomic E-state index is 0.487. The van der Waals surface area contributed by atoms with Crippen molar-refractivity contribution in [2.75, 3.05) is 6.54 Å². The molecule has 2 N–H and O–H groups in total. The van der Waals surface area contributed by atoms with Gasteiger partial charge in [0.15, 0.2) is 0 Å². The van der Waals surface area contributed by atoms with Crippen molar-refractivity contribution in [1.29, 1.82) is 0 Å². The molecule has 0 aromatic carbocycles. The maximum atomic E-state index is 9.86. The van der Waals surface area contributed by atoms with E-state index in [1.807, 2.05) is 6.92 Å². The average molecular weight is 171 g/mol. The Labute approximate surface area is 75.4 Å². The zero-order valence-corrected chi connectivity index (χ0v) is 8.27. The van der Waals surface area contributed by atoms with Gasteiger partial charge in [-0.05, 0) is 26.2 Å². The van der Waals surface area contributed by atoms with E-state index in [0.29, 0.717) is 6.04 Å². The molecule has 1 unspecified atom stereocenters. The van der Waals surface area contributed by atoms with E-state index in [0.717, 1.165) is 19.4 Å². The molecule has 1 rings (SSSR count). The smallest absolute Gasteiger partial charge is 0.0743 e. The summed E-state index contributed by atoms with van der Waals surface area (Å²) in [6.45, 7) is 4.85. The van der Waals surface area contributed by atoms with Crippen LogP contribution < -0.4 is 5.32 Å². The Bertz CT molecular complexity index is 130. The molecular weight excluding hydrogens is 150 g/mol. The summed E-state index contributed by atoms with van der Waals surface area (Å²) in [6.07, 6.45) is 5.80. The van der Waals surface area contributed by atoms with Crippen LogP contribution >= 0.6 is 0 Å². The standard InChI is InChI=1S/C10H21NO/c1-3-4-7-10(2,12)8-11-9-5-6-9/h9,11-12H,3-8H2,1-2H3. The van der Waals surface area contributed by atoms with E-state index in [2.05, 4.69) is 12.2 Å². The molecule has 1 aliphatic rings. The SMILES string of the molecule is CCCCC(C)(O)CNC1CC1. The zero-order chi connectivity index (χ0) is 9.03. The van der Waals surface area contributed by atoms with E-state index in [-0.39, 0.29) is 0 Å². The molecule has 0 amide bonds. The minimum atomic E-state index is -0.487. The highest BCUT2D eigenvalue weighted by molar-refractivity contribution is 4.85. The first kappa shape index (κ1) is 10.0. The third kappa shape index (κ3) is 4.07. The number of rotatable bonds is 6. The third-order valence-electron chi connectivity index (χ3n) is 2.42. The first-order valence-corrected chi connectivity index (χ1v) is 5.10. The lowest BCUT2D eigenvalue weighted by molar-refractivity contribution is 0.0482. The van der Waals surface area contributed by atoms with Gasteiger partial charge in [0.05, 0.1) is 5.60 Å². The molecule has 2 heteroatoms. The Hall–Kier alpha value is -0.0800. The summed E-state index contributed by atoms with van der Waals surface area (Å²) in [5.74, 6) is 0. The fourth-order valence-corrected chi connectivity index (χ4v) is 1.30. The zero-order valence-electron chi connectivity index (χ0n) is 8.27. The number of nitrogens with one attached hydrogen (secondary N) is 1. The van der Waals surface area contributed by atoms with Crippen molar-refractivity contribution in [2.24, 2.45) is 0 Å². The molecule has 1 saturated carbocycles. The van der Waals surface area contributed by atoms with Crippen LogP contribution in [0, 0.1) is 0 Å². The first-order chi connectivity index (χ1) is 5.64. The Morgan fingerprint density at radius 2 is 2.17 bits per heavy atom. The molecule has 1 atom stereocenters. The van der Waals surface area contributed by atoms with Gasteiger partial charge in [-0.15, -0.1) is 0 Å². The van der Waals surface area contributed by atoms with Crippen molar-refractivity contribution in [3.8, 4) is 0 Å². The number of hydrogen-bond acceptors (Lipinski definition) is 2. The Balaban J connectivity index is 2.07. The lowest BCUT2D eigenvalue weighted by atomic mass is 9.99. The molecule has 2 nitrogen and oxygen atoms in total. The molecule has 0 aliphatic heterocycles. The quantitative estimate of drug-likeness (QED) is 0.637. The van der Waals surface area contributed by atoms with E-state index in [1.165, 1.54) is 19.3 Å². The van der Waals surface area contributed by atoms with E-state index >= 15 is 0 Å². The summed E-state index contributed by atoms with van der Waals surface area (Å²) in [7, 11) is 0. The Kier molecular flexibility index (Phi) is 3.53. The molecule has 0 spiro atoms. The lowest BCUT2D eigenvalue weighted by Gasteiger charge is -2.23. The van der Waals surface area contributed by atoms with Crippen LogP contribution in [0.4, 0.5) is 0 Å². The van der Waals surface area contributed by atoms with Gasteiger partial charge in [-0.2, -0.15) is 0 Å². The van der Waals surface area contributed by atoms with Gasteiger partial charge in [0.25, 0.3) is 0 Å². The van der Waals surface area contributed by atoms with Gasteiger partial charge in [0, 0.05) is 12.6 Å². The molecule has 0 heterocycles. The van der Waals surface area contributed by atoms with Gasteiger partial charge >= 0.3 is 0 Å². The highest BCUT2D eigenvalue weighted by atomic mass is 16.3. The van der Waals surface area contributed by atoms with Crippen LogP contribution in [0.1, 0.15) is 46.0 Å². The monoisotopic (exact) mass is 171 g/mol. The fourth-order valence-electron chi connectivity index (χ4n) is 1.30. The molecule has 1 fully saturated rings. The van der Waals surface area contributed by atoms with Gasteiger partial charge in [-0.3, -0.25) is 0 Å². The van der Waals surface area contributed by atoms with Crippen molar-refractivity contribution in [1.82, 2.24) is 5.32 Å². The van der Waals surface area contributed by atoms with E-state index in [1.54, 1.807) is 0 Å². The highest BCUT2D eigenvalue weighted by Gasteiger charge is 2.25. The van der Waals surface area contributed by atoms with Gasteiger partial charge in [0.1, 0.15) is 0 Å². The predicted molar refractivity (Wildman–Crippen MR) is 51.2 cm³/mol. The van der Waals surface area contributed by atoms with Gasteiger partial charge in [-0.25, -0.2) is 0 Å². The van der Waals surface area contributed by atoms with Crippen LogP contribution in [0.5, 0.6) is 0 Å². The van der Waals surface area contributed by atoms with Crippen molar-refractivity contribution in [2.45, 2.75) is 57.6 Å². The molecular formula is C10H21NO. The third-order valence-corrected chi connectivity index (χ3v) is 2.42. The summed E-state index contributed by atoms with van der Waals surface area (Å²) >= 11 is 0. The molecule has 0 saturated heterocycles. The van der Waals surface area contributed by atoms with E-state index in [9.17, 15) is 5.11 Å². The Morgan fingerprint density at radius 1 is 1.50 bits per heavy atom. The first-order valence-electron chi connectivity index (χ1n) is 5.10. The summed E-state index contributed by atoms with van der Waals surface area (Å²) in [5.41, 5.74) is -0.487. The normalized spacial score (nSPS) is 22.2. The molecule has 0 aromatic rings.